The van der Waals surface area contributed by atoms with Gasteiger partial charge in [0.1, 0.15) is 18.0 Å². The van der Waals surface area contributed by atoms with Gasteiger partial charge in [0.05, 0.1) is 6.54 Å². The summed E-state index contributed by atoms with van der Waals surface area (Å²) in [5.74, 6) is 2.32. The van der Waals surface area contributed by atoms with Crippen molar-refractivity contribution in [3.8, 4) is 0 Å². The smallest absolute Gasteiger partial charge is 0.135 e. The Hall–Kier alpha value is -1.95. The standard InChI is InChI=1S/C16H22N6/c1-20-6-5-17-15(20)11-21-7-9-22(10-8-21)16-13-3-2-4-14(13)18-12-19-16/h5-6,12H,2-4,7-11H2,1H3. The molecule has 6 heteroatoms. The predicted octanol–water partition coefficient (Wildman–Crippen LogP) is 1.02. The molecule has 1 saturated heterocycles. The van der Waals surface area contributed by atoms with E-state index in [4.69, 9.17) is 0 Å². The number of anilines is 1. The second-order valence-corrected chi connectivity index (χ2v) is 6.19. The Balaban J connectivity index is 1.42. The van der Waals surface area contributed by atoms with Gasteiger partial charge in [0, 0.05) is 56.9 Å². The van der Waals surface area contributed by atoms with Crippen molar-refractivity contribution in [1.29, 1.82) is 0 Å². The lowest BCUT2D eigenvalue weighted by Crippen LogP contribution is -2.46. The number of aryl methyl sites for hydroxylation is 2. The quantitative estimate of drug-likeness (QED) is 0.847. The summed E-state index contributed by atoms with van der Waals surface area (Å²) in [6.45, 7) is 5.12. The van der Waals surface area contributed by atoms with Crippen molar-refractivity contribution in [3.05, 3.63) is 35.8 Å². The molecule has 0 unspecified atom stereocenters. The second-order valence-electron chi connectivity index (χ2n) is 6.19. The van der Waals surface area contributed by atoms with Crippen molar-refractivity contribution in [1.82, 2.24) is 24.4 Å². The van der Waals surface area contributed by atoms with Gasteiger partial charge in [-0.05, 0) is 19.3 Å². The third-order valence-electron chi connectivity index (χ3n) is 4.81. The van der Waals surface area contributed by atoms with Crippen molar-refractivity contribution >= 4 is 5.82 Å². The molecule has 0 bridgehead atoms. The van der Waals surface area contributed by atoms with Crippen LogP contribution in [-0.2, 0) is 26.4 Å². The maximum Gasteiger partial charge on any atom is 0.135 e. The number of nitrogens with zero attached hydrogens (tertiary/aromatic N) is 6. The largest absolute Gasteiger partial charge is 0.354 e. The molecule has 0 saturated carbocycles. The third kappa shape index (κ3) is 2.47. The molecule has 0 spiro atoms. The van der Waals surface area contributed by atoms with E-state index in [0.29, 0.717) is 0 Å². The van der Waals surface area contributed by atoms with Crippen LogP contribution in [0, 0.1) is 0 Å². The zero-order chi connectivity index (χ0) is 14.9. The number of fused-ring (bicyclic) bond motifs is 1. The molecule has 3 heterocycles. The molecule has 2 aromatic rings. The van der Waals surface area contributed by atoms with Gasteiger partial charge in [-0.15, -0.1) is 0 Å². The summed E-state index contributed by atoms with van der Waals surface area (Å²) >= 11 is 0. The zero-order valence-electron chi connectivity index (χ0n) is 13.1. The van der Waals surface area contributed by atoms with Crippen LogP contribution >= 0.6 is 0 Å². The molecule has 2 aliphatic rings. The highest BCUT2D eigenvalue weighted by Crippen LogP contribution is 2.28. The average Bonchev–Trinajstić information content (AvgIpc) is 3.17. The van der Waals surface area contributed by atoms with Gasteiger partial charge in [0.15, 0.2) is 0 Å². The van der Waals surface area contributed by atoms with Gasteiger partial charge in [0.25, 0.3) is 0 Å². The van der Waals surface area contributed by atoms with Crippen molar-refractivity contribution in [2.75, 3.05) is 31.1 Å². The van der Waals surface area contributed by atoms with Gasteiger partial charge >= 0.3 is 0 Å². The number of hydrogen-bond acceptors (Lipinski definition) is 5. The van der Waals surface area contributed by atoms with Crippen LogP contribution in [0.25, 0.3) is 0 Å². The van der Waals surface area contributed by atoms with Crippen LogP contribution in [-0.4, -0.2) is 50.6 Å². The van der Waals surface area contributed by atoms with Crippen LogP contribution < -0.4 is 4.90 Å². The molecular weight excluding hydrogens is 276 g/mol. The minimum Gasteiger partial charge on any atom is -0.354 e. The van der Waals surface area contributed by atoms with Crippen LogP contribution in [0.4, 0.5) is 5.82 Å². The fourth-order valence-corrected chi connectivity index (χ4v) is 3.48. The van der Waals surface area contributed by atoms with Crippen LogP contribution in [0.3, 0.4) is 0 Å². The minimum absolute atomic E-state index is 0.930. The van der Waals surface area contributed by atoms with E-state index in [9.17, 15) is 0 Å². The molecule has 116 valence electrons. The van der Waals surface area contributed by atoms with Crippen LogP contribution in [0.1, 0.15) is 23.5 Å². The van der Waals surface area contributed by atoms with Gasteiger partial charge in [0.2, 0.25) is 0 Å². The van der Waals surface area contributed by atoms with Crippen molar-refractivity contribution in [3.63, 3.8) is 0 Å². The first-order chi connectivity index (χ1) is 10.8. The van der Waals surface area contributed by atoms with E-state index in [1.165, 1.54) is 23.5 Å². The van der Waals surface area contributed by atoms with Crippen molar-refractivity contribution < 1.29 is 0 Å². The van der Waals surface area contributed by atoms with Gasteiger partial charge < -0.3 is 9.47 Å². The molecule has 0 radical (unpaired) electrons. The first kappa shape index (κ1) is 13.7. The second kappa shape index (κ2) is 5.68. The normalized spacial score (nSPS) is 18.7. The van der Waals surface area contributed by atoms with Crippen molar-refractivity contribution in [2.24, 2.45) is 7.05 Å². The lowest BCUT2D eigenvalue weighted by atomic mass is 10.2. The molecule has 22 heavy (non-hydrogen) atoms. The van der Waals surface area contributed by atoms with Gasteiger partial charge in [-0.3, -0.25) is 4.90 Å². The first-order valence-electron chi connectivity index (χ1n) is 8.07. The number of hydrogen-bond donors (Lipinski definition) is 0. The Labute approximate surface area is 130 Å². The lowest BCUT2D eigenvalue weighted by molar-refractivity contribution is 0.241. The number of rotatable bonds is 3. The lowest BCUT2D eigenvalue weighted by Gasteiger charge is -2.35. The Morgan fingerprint density at radius 2 is 1.91 bits per heavy atom. The maximum atomic E-state index is 4.57. The van der Waals surface area contributed by atoms with Crippen molar-refractivity contribution in [2.45, 2.75) is 25.8 Å². The van der Waals surface area contributed by atoms with Crippen LogP contribution in [0.2, 0.25) is 0 Å². The van der Waals surface area contributed by atoms with E-state index in [0.717, 1.165) is 51.4 Å². The third-order valence-corrected chi connectivity index (χ3v) is 4.81. The van der Waals surface area contributed by atoms with E-state index in [1.807, 2.05) is 12.4 Å². The average molecular weight is 298 g/mol. The summed E-state index contributed by atoms with van der Waals surface area (Å²) in [6, 6.07) is 0. The maximum absolute atomic E-state index is 4.57. The molecule has 0 N–H and O–H groups in total. The highest BCUT2D eigenvalue weighted by molar-refractivity contribution is 5.50. The summed E-state index contributed by atoms with van der Waals surface area (Å²) in [7, 11) is 2.06. The summed E-state index contributed by atoms with van der Waals surface area (Å²) in [6.07, 6.45) is 9.09. The summed E-state index contributed by atoms with van der Waals surface area (Å²) in [5, 5.41) is 0. The number of aromatic nitrogens is 4. The fraction of sp³-hybridized carbons (Fsp3) is 0.562. The Bertz CT molecular complexity index is 656. The summed E-state index contributed by atoms with van der Waals surface area (Å²) in [4.78, 5) is 18.3. The number of imidazole rings is 1. The molecule has 1 aliphatic carbocycles. The molecular formula is C16H22N6. The van der Waals surface area contributed by atoms with Gasteiger partial charge in [-0.1, -0.05) is 0 Å². The first-order valence-corrected chi connectivity index (χ1v) is 8.07. The molecule has 2 aromatic heterocycles. The monoisotopic (exact) mass is 298 g/mol. The predicted molar refractivity (Wildman–Crippen MR) is 84.8 cm³/mol. The van der Waals surface area contributed by atoms with E-state index in [1.54, 1.807) is 6.33 Å². The number of piperazine rings is 1. The molecule has 0 amide bonds. The Kier molecular flexibility index (Phi) is 3.54. The van der Waals surface area contributed by atoms with Crippen LogP contribution in [0.5, 0.6) is 0 Å². The van der Waals surface area contributed by atoms with Gasteiger partial charge in [-0.2, -0.15) is 0 Å². The fourth-order valence-electron chi connectivity index (χ4n) is 3.48. The van der Waals surface area contributed by atoms with Crippen LogP contribution in [0.15, 0.2) is 18.7 Å². The molecule has 6 nitrogen and oxygen atoms in total. The highest BCUT2D eigenvalue weighted by atomic mass is 15.3. The summed E-state index contributed by atoms with van der Waals surface area (Å²) < 4.78 is 2.10. The molecule has 0 atom stereocenters. The molecule has 1 aliphatic heterocycles. The van der Waals surface area contributed by atoms with E-state index >= 15 is 0 Å². The Morgan fingerprint density at radius 3 is 2.68 bits per heavy atom. The highest BCUT2D eigenvalue weighted by Gasteiger charge is 2.24. The van der Waals surface area contributed by atoms with E-state index < -0.39 is 0 Å². The van der Waals surface area contributed by atoms with E-state index in [-0.39, 0.29) is 0 Å². The Morgan fingerprint density at radius 1 is 1.05 bits per heavy atom. The molecule has 1 fully saturated rings. The SMILES string of the molecule is Cn1ccnc1CN1CCN(c2ncnc3c2CCC3)CC1. The van der Waals surface area contributed by atoms with Gasteiger partial charge in [-0.25, -0.2) is 15.0 Å². The van der Waals surface area contributed by atoms with E-state index in [2.05, 4.69) is 36.4 Å². The summed E-state index contributed by atoms with van der Waals surface area (Å²) in [5.41, 5.74) is 2.65. The zero-order valence-corrected chi connectivity index (χ0v) is 13.1. The molecule has 4 rings (SSSR count). The topological polar surface area (TPSA) is 50.1 Å². The molecule has 0 aromatic carbocycles. The minimum atomic E-state index is 0.930.